The molecule has 6 nitrogen and oxygen atoms in total. The first kappa shape index (κ1) is 19.0. The van der Waals surface area contributed by atoms with E-state index in [0.29, 0.717) is 6.04 Å². The maximum Gasteiger partial charge on any atom is 0.490 e. The summed E-state index contributed by atoms with van der Waals surface area (Å²) in [5.41, 5.74) is 7.15. The molecular weight excluding hydrogens is 313 g/mol. The molecule has 2 heterocycles. The molecule has 1 atom stereocenters. The van der Waals surface area contributed by atoms with Gasteiger partial charge in [-0.3, -0.25) is 0 Å². The van der Waals surface area contributed by atoms with E-state index in [9.17, 15) is 13.2 Å². The summed E-state index contributed by atoms with van der Waals surface area (Å²) < 4.78 is 31.7. The highest BCUT2D eigenvalue weighted by atomic mass is 19.4. The number of nitrogens with two attached hydrogens (primary N) is 1. The third-order valence-corrected chi connectivity index (χ3v) is 3.26. The number of aromatic nitrogens is 1. The van der Waals surface area contributed by atoms with Gasteiger partial charge in [0.1, 0.15) is 5.82 Å². The lowest BCUT2D eigenvalue weighted by atomic mass is 10.1. The van der Waals surface area contributed by atoms with Gasteiger partial charge in [-0.15, -0.1) is 0 Å². The summed E-state index contributed by atoms with van der Waals surface area (Å²) in [5.74, 6) is -1.77. The average molecular weight is 334 g/mol. The summed E-state index contributed by atoms with van der Waals surface area (Å²) in [5, 5.41) is 7.12. The largest absolute Gasteiger partial charge is 0.490 e. The topological polar surface area (TPSA) is 82.7 Å². The van der Waals surface area contributed by atoms with Gasteiger partial charge in [-0.2, -0.15) is 13.2 Å². The van der Waals surface area contributed by atoms with Gasteiger partial charge < -0.3 is 20.6 Å². The molecule has 0 amide bonds. The van der Waals surface area contributed by atoms with Crippen molar-refractivity contribution >= 4 is 17.5 Å². The minimum Gasteiger partial charge on any atom is -0.475 e. The Labute approximate surface area is 132 Å². The number of halogens is 3. The van der Waals surface area contributed by atoms with Gasteiger partial charge in [-0.05, 0) is 25.0 Å². The Hall–Kier alpha value is -2.03. The van der Waals surface area contributed by atoms with Gasteiger partial charge in [0, 0.05) is 33.2 Å². The lowest BCUT2D eigenvalue weighted by Gasteiger charge is -2.32. The van der Waals surface area contributed by atoms with Crippen molar-refractivity contribution < 1.29 is 23.1 Å². The molecule has 1 fully saturated rings. The summed E-state index contributed by atoms with van der Waals surface area (Å²) in [6.07, 6.45) is -0.830. The number of anilines is 2. The van der Waals surface area contributed by atoms with Gasteiger partial charge in [0.05, 0.1) is 11.9 Å². The lowest BCUT2D eigenvalue weighted by Crippen LogP contribution is -2.42. The van der Waals surface area contributed by atoms with Crippen LogP contribution in [0, 0.1) is 0 Å². The van der Waals surface area contributed by atoms with E-state index >= 15 is 0 Å². The van der Waals surface area contributed by atoms with Crippen LogP contribution in [0.15, 0.2) is 18.3 Å². The predicted octanol–water partition coefficient (Wildman–Crippen LogP) is 1.71. The molecular formula is C14H21F3N4O2. The highest BCUT2D eigenvalue weighted by Gasteiger charge is 2.38. The first-order valence-corrected chi connectivity index (χ1v) is 7.05. The minimum atomic E-state index is -5.08. The van der Waals surface area contributed by atoms with Crippen LogP contribution in [-0.2, 0) is 4.79 Å². The van der Waals surface area contributed by atoms with E-state index in [-0.39, 0.29) is 0 Å². The molecule has 0 aromatic carbocycles. The Balaban J connectivity index is 0.000000322. The van der Waals surface area contributed by atoms with Gasteiger partial charge >= 0.3 is 12.1 Å². The molecule has 1 aromatic rings. The highest BCUT2D eigenvalue weighted by Crippen LogP contribution is 2.20. The Bertz CT molecular complexity index is 506. The van der Waals surface area contributed by atoms with Gasteiger partial charge in [0.2, 0.25) is 0 Å². The molecule has 1 saturated heterocycles. The van der Waals surface area contributed by atoms with Crippen LogP contribution in [0.3, 0.4) is 0 Å². The summed E-state index contributed by atoms with van der Waals surface area (Å²) in [7, 11) is 4.00. The van der Waals surface area contributed by atoms with Gasteiger partial charge in [-0.25, -0.2) is 9.78 Å². The maximum atomic E-state index is 10.6. The number of pyridine rings is 1. The zero-order valence-corrected chi connectivity index (χ0v) is 13.0. The van der Waals surface area contributed by atoms with E-state index in [0.717, 1.165) is 25.3 Å². The summed E-state index contributed by atoms with van der Waals surface area (Å²) in [6.45, 7) is 2.04. The zero-order chi connectivity index (χ0) is 17.6. The molecule has 0 unspecified atom stereocenters. The number of rotatable bonds is 2. The fraction of sp³-hybridized carbons (Fsp3) is 0.571. The first-order chi connectivity index (χ1) is 10.6. The number of piperidine rings is 1. The van der Waals surface area contributed by atoms with Crippen molar-refractivity contribution in [2.24, 2.45) is 5.73 Å². The Kier molecular flexibility index (Phi) is 6.62. The fourth-order valence-corrected chi connectivity index (χ4v) is 2.07. The van der Waals surface area contributed by atoms with Gasteiger partial charge in [0.15, 0.2) is 0 Å². The van der Waals surface area contributed by atoms with Crippen LogP contribution in [0.2, 0.25) is 0 Å². The van der Waals surface area contributed by atoms with Crippen LogP contribution in [0.5, 0.6) is 0 Å². The number of carbonyl (C=O) groups is 1. The van der Waals surface area contributed by atoms with E-state index in [4.69, 9.17) is 15.6 Å². The smallest absolute Gasteiger partial charge is 0.475 e. The van der Waals surface area contributed by atoms with E-state index in [2.05, 4.69) is 22.0 Å². The molecule has 2 rings (SSSR count). The van der Waals surface area contributed by atoms with Crippen molar-refractivity contribution in [2.45, 2.75) is 25.1 Å². The molecule has 0 saturated carbocycles. The molecule has 3 N–H and O–H groups in total. The molecule has 1 aliphatic heterocycles. The number of hydrogen-bond donors (Lipinski definition) is 2. The molecule has 1 aromatic heterocycles. The number of aliphatic carboxylic acids is 1. The molecule has 23 heavy (non-hydrogen) atoms. The number of nitrogens with zero attached hydrogens (tertiary/aromatic N) is 3. The number of carboxylic acids is 1. The van der Waals surface area contributed by atoms with E-state index in [1.54, 1.807) is 0 Å². The number of alkyl halides is 3. The molecule has 0 spiro atoms. The zero-order valence-electron chi connectivity index (χ0n) is 13.0. The molecule has 0 aliphatic carbocycles. The van der Waals surface area contributed by atoms with Crippen molar-refractivity contribution in [3.63, 3.8) is 0 Å². The number of hydrogen-bond acceptors (Lipinski definition) is 5. The lowest BCUT2D eigenvalue weighted by molar-refractivity contribution is -0.192. The third kappa shape index (κ3) is 6.31. The maximum absolute atomic E-state index is 10.6. The van der Waals surface area contributed by atoms with Gasteiger partial charge in [0.25, 0.3) is 0 Å². The van der Waals surface area contributed by atoms with Gasteiger partial charge in [-0.1, -0.05) is 0 Å². The predicted molar refractivity (Wildman–Crippen MR) is 81.7 cm³/mol. The second-order valence-electron chi connectivity index (χ2n) is 5.42. The van der Waals surface area contributed by atoms with Crippen molar-refractivity contribution in [2.75, 3.05) is 37.0 Å². The van der Waals surface area contributed by atoms with Crippen LogP contribution in [0.25, 0.3) is 0 Å². The molecule has 130 valence electrons. The normalized spacial score (nSPS) is 18.0. The summed E-state index contributed by atoms with van der Waals surface area (Å²) in [4.78, 5) is 17.6. The van der Waals surface area contributed by atoms with Crippen molar-refractivity contribution in [1.82, 2.24) is 4.98 Å². The number of carboxylic acid groups (broad SMARTS) is 1. The molecule has 0 bridgehead atoms. The van der Waals surface area contributed by atoms with E-state index in [1.807, 2.05) is 25.2 Å². The fourth-order valence-electron chi connectivity index (χ4n) is 2.07. The van der Waals surface area contributed by atoms with Crippen molar-refractivity contribution in [3.8, 4) is 0 Å². The SMILES string of the molecule is CN(C)c1ccc(N2CCC[C@H](N)C2)cn1.O=C(O)C(F)(F)F. The second kappa shape index (κ2) is 8.00. The summed E-state index contributed by atoms with van der Waals surface area (Å²) in [6, 6.07) is 4.48. The van der Waals surface area contributed by atoms with Crippen LogP contribution < -0.4 is 15.5 Å². The van der Waals surface area contributed by atoms with Crippen molar-refractivity contribution in [1.29, 1.82) is 0 Å². The first-order valence-electron chi connectivity index (χ1n) is 7.05. The molecule has 0 radical (unpaired) electrons. The Morgan fingerprint density at radius 3 is 2.43 bits per heavy atom. The second-order valence-corrected chi connectivity index (χ2v) is 5.42. The quantitative estimate of drug-likeness (QED) is 0.857. The van der Waals surface area contributed by atoms with E-state index in [1.165, 1.54) is 12.1 Å². The minimum absolute atomic E-state index is 0.308. The van der Waals surface area contributed by atoms with Crippen LogP contribution in [0.1, 0.15) is 12.8 Å². The standard InChI is InChI=1S/C12H20N4.C2HF3O2/c1-15(2)12-6-5-11(8-14-12)16-7-3-4-10(13)9-16;3-2(4,5)1(6)7/h5-6,8,10H,3-4,7,9,13H2,1-2H3;(H,6,7)/t10-;/m0./s1. The molecule has 1 aliphatic rings. The van der Waals surface area contributed by atoms with E-state index < -0.39 is 12.1 Å². The van der Waals surface area contributed by atoms with Crippen LogP contribution >= 0.6 is 0 Å². The van der Waals surface area contributed by atoms with Crippen molar-refractivity contribution in [3.05, 3.63) is 18.3 Å². The third-order valence-electron chi connectivity index (χ3n) is 3.26. The average Bonchev–Trinajstić information content (AvgIpc) is 2.47. The summed E-state index contributed by atoms with van der Waals surface area (Å²) >= 11 is 0. The van der Waals surface area contributed by atoms with Crippen LogP contribution in [0.4, 0.5) is 24.7 Å². The molecule has 9 heteroatoms. The van der Waals surface area contributed by atoms with Crippen LogP contribution in [-0.4, -0.2) is 55.5 Å². The Morgan fingerprint density at radius 1 is 1.43 bits per heavy atom. The highest BCUT2D eigenvalue weighted by molar-refractivity contribution is 5.73. The monoisotopic (exact) mass is 334 g/mol. The Morgan fingerprint density at radius 2 is 2.04 bits per heavy atom.